The molecule has 4 saturated heterocycles. The zero-order valence-corrected chi connectivity index (χ0v) is 32.8. The van der Waals surface area contributed by atoms with Crippen LogP contribution in [0.2, 0.25) is 0 Å². The molecule has 7 fully saturated rings. The summed E-state index contributed by atoms with van der Waals surface area (Å²) >= 11 is 0. The van der Waals surface area contributed by atoms with E-state index >= 15 is 0 Å². The van der Waals surface area contributed by atoms with Gasteiger partial charge in [-0.15, -0.1) is 0 Å². The van der Waals surface area contributed by atoms with E-state index < -0.39 is 98.7 Å². The molecule has 0 bridgehead atoms. The molecule has 7 unspecified atom stereocenters. The van der Waals surface area contributed by atoms with Crippen LogP contribution < -0.4 is 0 Å². The molecule has 0 amide bonds. The average molecular weight is 799 g/mol. The van der Waals surface area contributed by atoms with E-state index in [1.54, 1.807) is 0 Å². The first-order valence-corrected chi connectivity index (χ1v) is 20.7. The minimum atomic E-state index is -1.72. The van der Waals surface area contributed by atoms with E-state index in [-0.39, 0.29) is 40.8 Å². The van der Waals surface area contributed by atoms with Gasteiger partial charge < -0.3 is 74.0 Å². The van der Waals surface area contributed by atoms with Gasteiger partial charge in [0.05, 0.1) is 30.8 Å². The van der Waals surface area contributed by atoms with Crippen molar-refractivity contribution in [3.8, 4) is 0 Å². The summed E-state index contributed by atoms with van der Waals surface area (Å²) in [5.41, 5.74) is 1.32. The van der Waals surface area contributed by atoms with E-state index in [1.165, 1.54) is 19.4 Å². The summed E-state index contributed by atoms with van der Waals surface area (Å²) in [6, 6.07) is 0. The molecule has 0 aromatic heterocycles. The predicted octanol–water partition coefficient (Wildman–Crippen LogP) is -0.374. The van der Waals surface area contributed by atoms with Crippen LogP contribution in [0.25, 0.3) is 0 Å². The second-order valence-corrected chi connectivity index (χ2v) is 18.6. The van der Waals surface area contributed by atoms with Gasteiger partial charge in [-0.3, -0.25) is 4.79 Å². The Bertz CT molecular complexity index is 1480. The van der Waals surface area contributed by atoms with Gasteiger partial charge in [0.2, 0.25) is 0 Å². The Morgan fingerprint density at radius 2 is 1.36 bits per heavy atom. The molecule has 16 nitrogen and oxygen atoms in total. The monoisotopic (exact) mass is 798 g/mol. The standard InChI is InChI=1S/C40H62O16/c1-15-25-23(53-35(15)49)13-22-20-7-6-18-12-19(8-10-39(18,4)21(20)9-11-40(22,25)5)52-38-34(56-37-31(47)29(45)27(43)17(3)51-37)32(48)33(24(14-41)54-38)55-36-30(46)28(44)26(42)16(2)50-36/h6,15-17,19-34,36-38,41-48H,7-14H2,1-5H3/t15?,16-,17-,19?,20?,21?,22?,23?,24+,25?,26-,27-,28+,29+,30+,31+,32-,33+,34+,36-,37-,38+,39-,40-/m0/s1. The van der Waals surface area contributed by atoms with E-state index in [4.69, 9.17) is 33.2 Å². The van der Waals surface area contributed by atoms with Crippen LogP contribution in [0.15, 0.2) is 11.6 Å². The van der Waals surface area contributed by atoms with Crippen molar-refractivity contribution in [2.75, 3.05) is 6.61 Å². The lowest BCUT2D eigenvalue weighted by atomic mass is 9.47. The average Bonchev–Trinajstić information content (AvgIpc) is 3.63. The zero-order chi connectivity index (χ0) is 40.2. The minimum Gasteiger partial charge on any atom is -0.462 e. The fourth-order valence-corrected chi connectivity index (χ4v) is 12.4. The summed E-state index contributed by atoms with van der Waals surface area (Å²) in [6.45, 7) is 9.10. The number of allylic oxidation sites excluding steroid dienone is 1. The molecule has 56 heavy (non-hydrogen) atoms. The maximum Gasteiger partial charge on any atom is 0.309 e. The molecule has 4 aliphatic carbocycles. The molecule has 16 heteroatoms. The fraction of sp³-hybridized carbons (Fsp3) is 0.925. The largest absolute Gasteiger partial charge is 0.462 e. The molecule has 24 atom stereocenters. The van der Waals surface area contributed by atoms with Crippen molar-refractivity contribution in [2.45, 2.75) is 184 Å². The van der Waals surface area contributed by atoms with Gasteiger partial charge in [0.15, 0.2) is 18.9 Å². The summed E-state index contributed by atoms with van der Waals surface area (Å²) < 4.78 is 42.2. The van der Waals surface area contributed by atoms with Crippen LogP contribution in [0.5, 0.6) is 0 Å². The smallest absolute Gasteiger partial charge is 0.309 e. The van der Waals surface area contributed by atoms with Gasteiger partial charge in [0.25, 0.3) is 0 Å². The molecule has 318 valence electrons. The topological polar surface area (TPSA) is 244 Å². The Labute approximate surface area is 327 Å². The Balaban J connectivity index is 1.01. The van der Waals surface area contributed by atoms with Crippen LogP contribution in [0, 0.1) is 40.4 Å². The second-order valence-electron chi connectivity index (χ2n) is 18.6. The summed E-state index contributed by atoms with van der Waals surface area (Å²) in [5.74, 6) is 1.57. The van der Waals surface area contributed by atoms with Crippen molar-refractivity contribution in [3.05, 3.63) is 11.6 Å². The molecule has 0 aromatic carbocycles. The Hall–Kier alpha value is -1.35. The van der Waals surface area contributed by atoms with E-state index in [0.717, 1.165) is 32.1 Å². The number of rotatable bonds is 7. The molecular formula is C40H62O16. The number of aliphatic hydroxyl groups excluding tert-OH is 8. The number of carbonyl (C=O) groups is 1. The molecule has 0 aromatic rings. The molecule has 8 rings (SSSR count). The van der Waals surface area contributed by atoms with Gasteiger partial charge in [0, 0.05) is 5.92 Å². The van der Waals surface area contributed by atoms with Crippen molar-refractivity contribution in [3.63, 3.8) is 0 Å². The lowest BCUT2D eigenvalue weighted by Crippen LogP contribution is -2.66. The number of aliphatic hydroxyl groups is 8. The van der Waals surface area contributed by atoms with Crippen molar-refractivity contribution in [1.82, 2.24) is 0 Å². The minimum absolute atomic E-state index is 0.00213. The quantitative estimate of drug-likeness (QED) is 0.121. The first kappa shape index (κ1) is 41.4. The highest BCUT2D eigenvalue weighted by Gasteiger charge is 2.66. The van der Waals surface area contributed by atoms with Crippen LogP contribution in [-0.4, -0.2) is 158 Å². The van der Waals surface area contributed by atoms with E-state index in [2.05, 4.69) is 19.9 Å². The first-order chi connectivity index (χ1) is 26.5. The lowest BCUT2D eigenvalue weighted by Gasteiger charge is -2.58. The first-order valence-electron chi connectivity index (χ1n) is 20.7. The van der Waals surface area contributed by atoms with Crippen molar-refractivity contribution < 1.29 is 78.8 Å². The Kier molecular flexibility index (Phi) is 11.3. The maximum absolute atomic E-state index is 12.5. The summed E-state index contributed by atoms with van der Waals surface area (Å²) in [7, 11) is 0. The van der Waals surface area contributed by atoms with Crippen LogP contribution in [0.4, 0.5) is 0 Å². The maximum atomic E-state index is 12.5. The molecular weight excluding hydrogens is 736 g/mol. The highest BCUT2D eigenvalue weighted by atomic mass is 16.8. The molecule has 4 aliphatic heterocycles. The van der Waals surface area contributed by atoms with Crippen molar-refractivity contribution in [2.24, 2.45) is 40.4 Å². The summed E-state index contributed by atoms with van der Waals surface area (Å²) in [5, 5.41) is 85.4. The Morgan fingerprint density at radius 3 is 1.98 bits per heavy atom. The van der Waals surface area contributed by atoms with Crippen LogP contribution in [0.1, 0.15) is 79.6 Å². The summed E-state index contributed by atoms with van der Waals surface area (Å²) in [4.78, 5) is 12.5. The SMILES string of the molecule is CC1C(=O)OC2CC3C4CC=C5CC(O[C@@H]6O[C@H](CO)[C@@H](O[C@@H]7O[C@@H](C)[C@H](O)[C@@H](O)[C@H]7O)[C@H](O)[C@H]6O[C@@H]6O[C@@H](C)[C@H](O)[C@@H](O)[C@H]6O)CC[C@]5(C)C4CC[C@]3(C)C21. The summed E-state index contributed by atoms with van der Waals surface area (Å²) in [6.07, 6.45) is -13.5. The third kappa shape index (κ3) is 6.62. The third-order valence-electron chi connectivity index (χ3n) is 15.6. The van der Waals surface area contributed by atoms with Gasteiger partial charge in [-0.05, 0) is 87.4 Å². The van der Waals surface area contributed by atoms with Crippen LogP contribution >= 0.6 is 0 Å². The highest BCUT2D eigenvalue weighted by molar-refractivity contribution is 5.75. The van der Waals surface area contributed by atoms with Gasteiger partial charge >= 0.3 is 5.97 Å². The second kappa shape index (κ2) is 15.3. The Morgan fingerprint density at radius 1 is 0.732 bits per heavy atom. The highest BCUT2D eigenvalue weighted by Crippen LogP contribution is 2.68. The van der Waals surface area contributed by atoms with E-state index in [9.17, 15) is 45.6 Å². The predicted molar refractivity (Wildman–Crippen MR) is 191 cm³/mol. The fourth-order valence-electron chi connectivity index (χ4n) is 12.4. The molecule has 4 heterocycles. The van der Waals surface area contributed by atoms with E-state index in [0.29, 0.717) is 30.6 Å². The lowest BCUT2D eigenvalue weighted by molar-refractivity contribution is -0.388. The number of fused-ring (bicyclic) bond motifs is 7. The third-order valence-corrected chi connectivity index (χ3v) is 15.6. The number of hydrogen-bond donors (Lipinski definition) is 8. The normalized spacial score (nSPS) is 57.0. The number of hydrogen-bond acceptors (Lipinski definition) is 16. The zero-order valence-electron chi connectivity index (χ0n) is 32.8. The molecule has 8 aliphatic rings. The number of carbonyl (C=O) groups excluding carboxylic acids is 1. The number of esters is 1. The number of ether oxygens (including phenoxy) is 7. The van der Waals surface area contributed by atoms with Crippen molar-refractivity contribution in [1.29, 1.82) is 0 Å². The van der Waals surface area contributed by atoms with Crippen LogP contribution in [0.3, 0.4) is 0 Å². The molecule has 8 N–H and O–H groups in total. The van der Waals surface area contributed by atoms with Gasteiger partial charge in [-0.1, -0.05) is 32.4 Å². The van der Waals surface area contributed by atoms with Crippen molar-refractivity contribution >= 4 is 5.97 Å². The molecule has 3 saturated carbocycles. The van der Waals surface area contributed by atoms with E-state index in [1.807, 2.05) is 6.92 Å². The van der Waals surface area contributed by atoms with Gasteiger partial charge in [-0.2, -0.15) is 0 Å². The van der Waals surface area contributed by atoms with Gasteiger partial charge in [-0.25, -0.2) is 0 Å². The molecule has 0 radical (unpaired) electrons. The van der Waals surface area contributed by atoms with Gasteiger partial charge in [0.1, 0.15) is 67.1 Å². The molecule has 0 spiro atoms. The van der Waals surface area contributed by atoms with Crippen LogP contribution in [-0.2, 0) is 38.0 Å².